The number of halogens is 1. The number of ether oxygens (including phenoxy) is 3. The Morgan fingerprint density at radius 3 is 1.61 bits per heavy atom. The number of alkyl halides is 1. The zero-order chi connectivity index (χ0) is 21.7. The van der Waals surface area contributed by atoms with Crippen LogP contribution in [0.1, 0.15) is 16.7 Å². The first-order valence-corrected chi connectivity index (χ1v) is 10.7. The molecule has 0 radical (unpaired) electrons. The zero-order valence-electron chi connectivity index (χ0n) is 17.3. The predicted molar refractivity (Wildman–Crippen MR) is 122 cm³/mol. The number of rotatable bonds is 13. The van der Waals surface area contributed by atoms with Gasteiger partial charge in [0.05, 0.1) is 31.8 Å². The Bertz CT molecular complexity index is 874. The maximum Gasteiger partial charge on any atom is 0.151 e. The fraction of sp³-hybridized carbons (Fsp3) is 0.269. The van der Waals surface area contributed by atoms with E-state index in [0.29, 0.717) is 19.8 Å². The lowest BCUT2D eigenvalue weighted by molar-refractivity contribution is -0.134. The summed E-state index contributed by atoms with van der Waals surface area (Å²) in [5.74, 6) is 0. The normalized spacial score (nSPS) is 14.0. The molecule has 31 heavy (non-hydrogen) atoms. The Hall–Kier alpha value is -2.50. The molecule has 5 heteroatoms. The lowest BCUT2D eigenvalue weighted by atomic mass is 10.1. The van der Waals surface area contributed by atoms with Gasteiger partial charge in [0.25, 0.3) is 0 Å². The monoisotopic (exact) mass is 438 g/mol. The molecular weight excluding hydrogens is 412 g/mol. The molecule has 3 rings (SSSR count). The second-order valence-corrected chi connectivity index (χ2v) is 7.74. The van der Waals surface area contributed by atoms with Crippen LogP contribution >= 0.6 is 11.6 Å². The minimum absolute atomic E-state index is 0.231. The van der Waals surface area contributed by atoms with E-state index in [0.717, 1.165) is 23.0 Å². The largest absolute Gasteiger partial charge is 0.375 e. The summed E-state index contributed by atoms with van der Waals surface area (Å²) in [5, 5.41) is -0.557. The van der Waals surface area contributed by atoms with Gasteiger partial charge >= 0.3 is 0 Å². The Morgan fingerprint density at radius 1 is 0.677 bits per heavy atom. The summed E-state index contributed by atoms with van der Waals surface area (Å²) in [6.45, 7) is 1.29. The van der Waals surface area contributed by atoms with E-state index >= 15 is 0 Å². The van der Waals surface area contributed by atoms with Gasteiger partial charge in [0.1, 0.15) is 12.2 Å². The standard InChI is InChI=1S/C26H27ClO4/c27-24(20-29-17-21-10-4-1-5-11-21)26(31-19-23-14-8-3-9-15-23)25(16-28)30-18-22-12-6-2-7-13-22/h1-16,24-26H,17-20H2/t24-,25+,26+/m0/s1. The summed E-state index contributed by atoms with van der Waals surface area (Å²) in [6.07, 6.45) is -0.712. The quantitative estimate of drug-likeness (QED) is 0.272. The first-order valence-electron chi connectivity index (χ1n) is 10.3. The van der Waals surface area contributed by atoms with Crippen LogP contribution < -0.4 is 0 Å². The average Bonchev–Trinajstić information content (AvgIpc) is 2.83. The maximum atomic E-state index is 11.9. The Kier molecular flexibility index (Phi) is 9.74. The molecule has 162 valence electrons. The summed E-state index contributed by atoms with van der Waals surface area (Å²) < 4.78 is 17.7. The van der Waals surface area contributed by atoms with Crippen molar-refractivity contribution in [3.05, 3.63) is 108 Å². The Labute approximate surface area is 188 Å². The second kappa shape index (κ2) is 13.0. The summed E-state index contributed by atoms with van der Waals surface area (Å²) in [5.41, 5.74) is 3.03. The first kappa shape index (κ1) is 23.2. The smallest absolute Gasteiger partial charge is 0.151 e. The Morgan fingerprint density at radius 2 is 1.13 bits per heavy atom. The van der Waals surface area contributed by atoms with E-state index in [4.69, 9.17) is 25.8 Å². The van der Waals surface area contributed by atoms with E-state index in [2.05, 4.69) is 0 Å². The molecule has 0 aromatic heterocycles. The molecule has 3 aromatic carbocycles. The molecule has 0 spiro atoms. The number of hydrogen-bond donors (Lipinski definition) is 0. The van der Waals surface area contributed by atoms with E-state index in [1.54, 1.807) is 0 Å². The number of aldehydes is 1. The minimum atomic E-state index is -0.813. The second-order valence-electron chi connectivity index (χ2n) is 7.18. The fourth-order valence-corrected chi connectivity index (χ4v) is 3.41. The molecule has 0 fully saturated rings. The summed E-state index contributed by atoms with van der Waals surface area (Å²) in [4.78, 5) is 11.9. The zero-order valence-corrected chi connectivity index (χ0v) is 18.1. The van der Waals surface area contributed by atoms with Crippen LogP contribution in [0.5, 0.6) is 0 Å². The SMILES string of the molecule is O=C[C@@H](OCc1ccccc1)[C@H](OCc1ccccc1)[C@@H](Cl)COCc1ccccc1. The third kappa shape index (κ3) is 7.93. The van der Waals surface area contributed by atoms with Crippen LogP contribution in [0.4, 0.5) is 0 Å². The third-order valence-corrected chi connectivity index (χ3v) is 5.15. The van der Waals surface area contributed by atoms with Crippen LogP contribution in [0.3, 0.4) is 0 Å². The van der Waals surface area contributed by atoms with Crippen molar-refractivity contribution in [1.82, 2.24) is 0 Å². The average molecular weight is 439 g/mol. The van der Waals surface area contributed by atoms with Crippen LogP contribution in [-0.2, 0) is 38.8 Å². The van der Waals surface area contributed by atoms with Gasteiger partial charge in [0.15, 0.2) is 6.29 Å². The molecular formula is C26H27ClO4. The van der Waals surface area contributed by atoms with E-state index in [1.165, 1.54) is 0 Å². The molecule has 0 N–H and O–H groups in total. The summed E-state index contributed by atoms with van der Waals surface area (Å²) in [7, 11) is 0. The molecule has 0 aliphatic rings. The number of carbonyl (C=O) groups is 1. The molecule has 0 aliphatic carbocycles. The van der Waals surface area contributed by atoms with E-state index in [1.807, 2.05) is 91.0 Å². The molecule has 4 nitrogen and oxygen atoms in total. The molecule has 0 saturated carbocycles. The van der Waals surface area contributed by atoms with Gasteiger partial charge in [0, 0.05) is 0 Å². The predicted octanol–water partition coefficient (Wildman–Crippen LogP) is 5.18. The minimum Gasteiger partial charge on any atom is -0.375 e. The van der Waals surface area contributed by atoms with Gasteiger partial charge in [-0.25, -0.2) is 0 Å². The van der Waals surface area contributed by atoms with E-state index in [-0.39, 0.29) is 6.61 Å². The lowest BCUT2D eigenvalue weighted by Crippen LogP contribution is -2.41. The molecule has 0 amide bonds. The summed E-state index contributed by atoms with van der Waals surface area (Å²) >= 11 is 6.65. The van der Waals surface area contributed by atoms with Gasteiger partial charge in [-0.2, -0.15) is 0 Å². The molecule has 0 aliphatic heterocycles. The first-order chi connectivity index (χ1) is 15.3. The van der Waals surface area contributed by atoms with Crippen LogP contribution in [0, 0.1) is 0 Å². The molecule has 0 unspecified atom stereocenters. The maximum absolute atomic E-state index is 11.9. The molecule has 0 saturated heterocycles. The summed E-state index contributed by atoms with van der Waals surface area (Å²) in [6, 6.07) is 29.3. The van der Waals surface area contributed by atoms with Crippen molar-refractivity contribution in [1.29, 1.82) is 0 Å². The molecule has 3 aromatic rings. The van der Waals surface area contributed by atoms with Gasteiger partial charge in [-0.15, -0.1) is 11.6 Å². The van der Waals surface area contributed by atoms with Crippen molar-refractivity contribution < 1.29 is 19.0 Å². The van der Waals surface area contributed by atoms with Crippen molar-refractivity contribution in [2.24, 2.45) is 0 Å². The van der Waals surface area contributed by atoms with Crippen LogP contribution in [0.2, 0.25) is 0 Å². The fourth-order valence-electron chi connectivity index (χ4n) is 3.11. The highest BCUT2D eigenvalue weighted by Crippen LogP contribution is 2.18. The van der Waals surface area contributed by atoms with Crippen molar-refractivity contribution in [3.8, 4) is 0 Å². The van der Waals surface area contributed by atoms with Crippen molar-refractivity contribution in [2.45, 2.75) is 37.4 Å². The number of carbonyl (C=O) groups excluding carboxylic acids is 1. The van der Waals surface area contributed by atoms with Crippen molar-refractivity contribution >= 4 is 17.9 Å². The lowest BCUT2D eigenvalue weighted by Gasteiger charge is -2.27. The van der Waals surface area contributed by atoms with Crippen molar-refractivity contribution in [2.75, 3.05) is 6.61 Å². The molecule has 0 bridgehead atoms. The van der Waals surface area contributed by atoms with E-state index in [9.17, 15) is 4.79 Å². The number of benzene rings is 3. The van der Waals surface area contributed by atoms with Crippen LogP contribution in [-0.4, -0.2) is 30.5 Å². The highest BCUT2D eigenvalue weighted by molar-refractivity contribution is 6.21. The van der Waals surface area contributed by atoms with Crippen molar-refractivity contribution in [3.63, 3.8) is 0 Å². The third-order valence-electron chi connectivity index (χ3n) is 4.77. The van der Waals surface area contributed by atoms with E-state index < -0.39 is 17.6 Å². The van der Waals surface area contributed by atoms with Gasteiger partial charge in [0.2, 0.25) is 0 Å². The molecule has 0 heterocycles. The van der Waals surface area contributed by atoms with Crippen LogP contribution in [0.25, 0.3) is 0 Å². The van der Waals surface area contributed by atoms with Gasteiger partial charge in [-0.05, 0) is 16.7 Å². The van der Waals surface area contributed by atoms with Gasteiger partial charge in [-0.1, -0.05) is 91.0 Å². The Balaban J connectivity index is 1.62. The topological polar surface area (TPSA) is 44.8 Å². The van der Waals surface area contributed by atoms with Gasteiger partial charge < -0.3 is 19.0 Å². The van der Waals surface area contributed by atoms with Gasteiger partial charge in [-0.3, -0.25) is 0 Å². The van der Waals surface area contributed by atoms with Crippen LogP contribution in [0.15, 0.2) is 91.0 Å². The molecule has 3 atom stereocenters. The number of hydrogen-bond acceptors (Lipinski definition) is 4. The highest BCUT2D eigenvalue weighted by Gasteiger charge is 2.30. The highest BCUT2D eigenvalue weighted by atomic mass is 35.5.